The number of primary amides is 1. The van der Waals surface area contributed by atoms with Gasteiger partial charge in [0, 0.05) is 13.0 Å². The van der Waals surface area contributed by atoms with E-state index in [1.54, 1.807) is 30.3 Å². The molecule has 0 aromatic heterocycles. The lowest BCUT2D eigenvalue weighted by Gasteiger charge is -2.32. The van der Waals surface area contributed by atoms with Crippen molar-refractivity contribution < 1.29 is 29.0 Å². The molecule has 6 N–H and O–H groups in total. The van der Waals surface area contributed by atoms with Crippen LogP contribution in [0, 0.1) is 0 Å². The molecular weight excluding hydrogens is 695 g/mol. The molecule has 55 heavy (non-hydrogen) atoms. The van der Waals surface area contributed by atoms with E-state index in [1.165, 1.54) is 4.90 Å². The van der Waals surface area contributed by atoms with E-state index in [1.807, 2.05) is 121 Å². The van der Waals surface area contributed by atoms with Gasteiger partial charge in [0.25, 0.3) is 0 Å². The van der Waals surface area contributed by atoms with E-state index in [4.69, 9.17) is 10.5 Å². The molecule has 284 valence electrons. The number of hydrogen-bond acceptors (Lipinski definition) is 6. The van der Waals surface area contributed by atoms with Gasteiger partial charge in [0.2, 0.25) is 11.8 Å². The number of carbonyl (C=O) groups is 4. The summed E-state index contributed by atoms with van der Waals surface area (Å²) in [6, 6.07) is 42.3. The Morgan fingerprint density at radius 3 is 1.65 bits per heavy atom. The SMILES string of the molecule is NC(=O)[C@H](Cc1ccccc1)NC(=O)[C@@H](NC(=O)N(CCc1ccccc1)C[C@@H](O)[C@H](Cc1ccccc1)NC(=O)OCc1ccccc1)c1ccccc1. The standard InChI is InChI=1S/C44H47N5O6/c45-41(51)38(29-34-20-10-3-11-21-34)46-42(52)40(36-24-14-5-15-25-36)48-43(53)49(27-26-32-16-6-1-7-17-32)30-39(50)37(28-33-18-8-2-9-19-33)47-44(54)55-31-35-22-12-4-13-23-35/h1-25,37-40,50H,26-31H2,(H2,45,51)(H,46,52)(H,47,54)(H,48,53)/t37-,38-,39+,40-/m0/s1. The van der Waals surface area contributed by atoms with Crippen molar-refractivity contribution >= 4 is 23.9 Å². The number of aliphatic hydroxyl groups is 1. The summed E-state index contributed by atoms with van der Waals surface area (Å²) in [6.45, 7) is 0.0119. The van der Waals surface area contributed by atoms with Crippen LogP contribution >= 0.6 is 0 Å². The minimum absolute atomic E-state index is 0.0390. The first-order valence-corrected chi connectivity index (χ1v) is 18.2. The van der Waals surface area contributed by atoms with Gasteiger partial charge in [0.1, 0.15) is 18.7 Å². The molecule has 0 bridgehead atoms. The molecule has 5 aromatic rings. The highest BCUT2D eigenvalue weighted by Crippen LogP contribution is 2.17. The molecule has 5 aromatic carbocycles. The fourth-order valence-electron chi connectivity index (χ4n) is 6.09. The van der Waals surface area contributed by atoms with Gasteiger partial charge in [0.15, 0.2) is 0 Å². The maximum Gasteiger partial charge on any atom is 0.407 e. The Kier molecular flexibility index (Phi) is 15.0. The monoisotopic (exact) mass is 741 g/mol. The third-order valence-corrected chi connectivity index (χ3v) is 9.09. The van der Waals surface area contributed by atoms with Gasteiger partial charge >= 0.3 is 12.1 Å². The Morgan fingerprint density at radius 2 is 1.11 bits per heavy atom. The van der Waals surface area contributed by atoms with Crippen molar-refractivity contribution in [2.75, 3.05) is 13.1 Å². The van der Waals surface area contributed by atoms with Gasteiger partial charge in [-0.2, -0.15) is 0 Å². The lowest BCUT2D eigenvalue weighted by molar-refractivity contribution is -0.128. The third-order valence-electron chi connectivity index (χ3n) is 9.09. The van der Waals surface area contributed by atoms with Crippen LogP contribution in [0.1, 0.15) is 33.9 Å². The van der Waals surface area contributed by atoms with Crippen LogP contribution < -0.4 is 21.7 Å². The molecule has 0 aliphatic heterocycles. The van der Waals surface area contributed by atoms with E-state index in [2.05, 4.69) is 16.0 Å². The van der Waals surface area contributed by atoms with E-state index in [0.29, 0.717) is 12.0 Å². The van der Waals surface area contributed by atoms with E-state index < -0.39 is 48.2 Å². The number of nitrogens with one attached hydrogen (secondary N) is 3. The van der Waals surface area contributed by atoms with Gasteiger partial charge in [-0.3, -0.25) is 9.59 Å². The number of benzene rings is 5. The van der Waals surface area contributed by atoms with Crippen molar-refractivity contribution in [2.24, 2.45) is 5.73 Å². The van der Waals surface area contributed by atoms with Crippen LogP contribution in [0.4, 0.5) is 9.59 Å². The molecule has 0 saturated carbocycles. The van der Waals surface area contributed by atoms with Crippen LogP contribution in [0.25, 0.3) is 0 Å². The van der Waals surface area contributed by atoms with Crippen molar-refractivity contribution in [3.63, 3.8) is 0 Å². The summed E-state index contributed by atoms with van der Waals surface area (Å²) < 4.78 is 5.49. The summed E-state index contributed by atoms with van der Waals surface area (Å²) in [5.41, 5.74) is 9.62. The summed E-state index contributed by atoms with van der Waals surface area (Å²) in [5, 5.41) is 20.2. The van der Waals surface area contributed by atoms with Crippen LogP contribution in [-0.4, -0.2) is 65.2 Å². The van der Waals surface area contributed by atoms with E-state index in [0.717, 1.165) is 22.3 Å². The number of hydrogen-bond donors (Lipinski definition) is 5. The maximum absolute atomic E-state index is 14.3. The van der Waals surface area contributed by atoms with Crippen LogP contribution in [0.2, 0.25) is 0 Å². The average Bonchev–Trinajstić information content (AvgIpc) is 3.21. The number of urea groups is 1. The van der Waals surface area contributed by atoms with Gasteiger partial charge in [-0.15, -0.1) is 0 Å². The summed E-state index contributed by atoms with van der Waals surface area (Å²) in [4.78, 5) is 55.2. The Balaban J connectivity index is 1.36. The number of alkyl carbamates (subject to hydrolysis) is 1. The predicted octanol–water partition coefficient (Wildman–Crippen LogP) is 5.09. The molecule has 0 fully saturated rings. The topological polar surface area (TPSA) is 163 Å². The van der Waals surface area contributed by atoms with Gasteiger partial charge < -0.3 is 36.4 Å². The summed E-state index contributed by atoms with van der Waals surface area (Å²) >= 11 is 0. The molecule has 0 unspecified atom stereocenters. The van der Waals surface area contributed by atoms with Crippen molar-refractivity contribution in [3.8, 4) is 0 Å². The first-order valence-electron chi connectivity index (χ1n) is 18.2. The zero-order valence-corrected chi connectivity index (χ0v) is 30.5. The highest BCUT2D eigenvalue weighted by atomic mass is 16.5. The second-order valence-electron chi connectivity index (χ2n) is 13.2. The molecule has 0 aliphatic rings. The van der Waals surface area contributed by atoms with Crippen molar-refractivity contribution in [1.82, 2.24) is 20.9 Å². The third kappa shape index (κ3) is 12.9. The number of nitrogens with two attached hydrogens (primary N) is 1. The maximum atomic E-state index is 14.3. The molecule has 0 radical (unpaired) electrons. The lowest BCUT2D eigenvalue weighted by atomic mass is 10.0. The van der Waals surface area contributed by atoms with Crippen LogP contribution in [-0.2, 0) is 40.2 Å². The molecular formula is C44H47N5O6. The summed E-state index contributed by atoms with van der Waals surface area (Å²) in [6.07, 6.45) is -1.11. The van der Waals surface area contributed by atoms with Crippen LogP contribution in [0.3, 0.4) is 0 Å². The fourth-order valence-corrected chi connectivity index (χ4v) is 6.09. The molecule has 0 heterocycles. The quantitative estimate of drug-likeness (QED) is 0.0840. The van der Waals surface area contributed by atoms with Gasteiger partial charge in [0.05, 0.1) is 18.7 Å². The number of amides is 5. The normalized spacial score (nSPS) is 13.0. The van der Waals surface area contributed by atoms with Crippen molar-refractivity contribution in [1.29, 1.82) is 0 Å². The van der Waals surface area contributed by atoms with Crippen molar-refractivity contribution in [2.45, 2.75) is 50.1 Å². The highest BCUT2D eigenvalue weighted by molar-refractivity contribution is 5.92. The van der Waals surface area contributed by atoms with Gasteiger partial charge in [-0.1, -0.05) is 152 Å². The fraction of sp³-hybridized carbons (Fsp3) is 0.227. The lowest BCUT2D eigenvalue weighted by Crippen LogP contribution is -2.55. The molecule has 0 spiro atoms. The summed E-state index contributed by atoms with van der Waals surface area (Å²) in [5.74, 6) is -1.35. The minimum atomic E-state index is -1.25. The van der Waals surface area contributed by atoms with Crippen LogP contribution in [0.15, 0.2) is 152 Å². The number of aliphatic hydroxyl groups excluding tert-OH is 1. The molecule has 11 nitrogen and oxygen atoms in total. The first kappa shape index (κ1) is 39.7. The first-order chi connectivity index (χ1) is 26.7. The zero-order valence-electron chi connectivity index (χ0n) is 30.5. The van der Waals surface area contributed by atoms with Gasteiger partial charge in [-0.05, 0) is 40.7 Å². The Bertz CT molecular complexity index is 1930. The van der Waals surface area contributed by atoms with E-state index >= 15 is 0 Å². The molecule has 4 atom stereocenters. The van der Waals surface area contributed by atoms with Gasteiger partial charge in [-0.25, -0.2) is 9.59 Å². The molecule has 5 amide bonds. The summed E-state index contributed by atoms with van der Waals surface area (Å²) in [7, 11) is 0. The Hall–Kier alpha value is -6.46. The molecule has 0 saturated heterocycles. The number of nitrogens with zero attached hydrogens (tertiary/aromatic N) is 1. The largest absolute Gasteiger partial charge is 0.445 e. The average molecular weight is 742 g/mol. The molecule has 11 heteroatoms. The molecule has 5 rings (SSSR count). The zero-order chi connectivity index (χ0) is 38.8. The number of ether oxygens (including phenoxy) is 1. The van der Waals surface area contributed by atoms with Crippen LogP contribution in [0.5, 0.6) is 0 Å². The van der Waals surface area contributed by atoms with E-state index in [9.17, 15) is 24.3 Å². The Labute approximate surface area is 321 Å². The van der Waals surface area contributed by atoms with E-state index in [-0.39, 0.29) is 32.5 Å². The Morgan fingerprint density at radius 1 is 0.618 bits per heavy atom. The predicted molar refractivity (Wildman–Crippen MR) is 210 cm³/mol. The second-order valence-corrected chi connectivity index (χ2v) is 13.2. The highest BCUT2D eigenvalue weighted by Gasteiger charge is 2.31. The smallest absolute Gasteiger partial charge is 0.407 e. The second kappa shape index (κ2) is 20.7. The number of carbonyl (C=O) groups excluding carboxylic acids is 4. The molecule has 0 aliphatic carbocycles. The minimum Gasteiger partial charge on any atom is -0.445 e. The number of rotatable bonds is 18. The van der Waals surface area contributed by atoms with Crippen molar-refractivity contribution in [3.05, 3.63) is 179 Å².